The first-order valence-electron chi connectivity index (χ1n) is 9.62. The summed E-state index contributed by atoms with van der Waals surface area (Å²) in [7, 11) is 3.02. The molecule has 158 valence electrons. The summed E-state index contributed by atoms with van der Waals surface area (Å²) in [5.74, 6) is 0.310. The molecule has 0 saturated carbocycles. The summed E-state index contributed by atoms with van der Waals surface area (Å²) in [5.41, 5.74) is 3.33. The van der Waals surface area contributed by atoms with Crippen molar-refractivity contribution in [3.8, 4) is 11.5 Å². The van der Waals surface area contributed by atoms with Crippen LogP contribution in [0.15, 0.2) is 42.5 Å². The van der Waals surface area contributed by atoms with Crippen molar-refractivity contribution in [1.82, 2.24) is 15.6 Å². The van der Waals surface area contributed by atoms with Crippen LogP contribution in [0.4, 0.5) is 14.9 Å². The van der Waals surface area contributed by atoms with E-state index >= 15 is 0 Å². The number of methoxy groups -OCH3 is 2. The van der Waals surface area contributed by atoms with Gasteiger partial charge in [0.25, 0.3) is 5.91 Å². The highest BCUT2D eigenvalue weighted by molar-refractivity contribution is 5.98. The molecule has 0 aromatic heterocycles. The highest BCUT2D eigenvalue weighted by Gasteiger charge is 2.45. The van der Waals surface area contributed by atoms with Crippen LogP contribution in [0.25, 0.3) is 0 Å². The van der Waals surface area contributed by atoms with Crippen molar-refractivity contribution in [2.24, 2.45) is 0 Å². The van der Waals surface area contributed by atoms with Gasteiger partial charge in [0.1, 0.15) is 11.5 Å². The van der Waals surface area contributed by atoms with E-state index in [1.165, 1.54) is 31.4 Å². The summed E-state index contributed by atoms with van der Waals surface area (Å²) in [5, 5.41) is 4.26. The second-order valence-corrected chi connectivity index (χ2v) is 7.27. The van der Waals surface area contributed by atoms with E-state index < -0.39 is 11.5 Å². The highest BCUT2D eigenvalue weighted by atomic mass is 19.1. The number of hydrazine groups is 1. The zero-order chi connectivity index (χ0) is 21.3. The lowest BCUT2D eigenvalue weighted by Crippen LogP contribution is -2.58. The van der Waals surface area contributed by atoms with Gasteiger partial charge in [0.2, 0.25) is 0 Å². The minimum Gasteiger partial charge on any atom is -0.493 e. The van der Waals surface area contributed by atoms with E-state index in [0.29, 0.717) is 48.7 Å². The molecule has 2 N–H and O–H groups in total. The number of urea groups is 1. The largest absolute Gasteiger partial charge is 0.493 e. The van der Waals surface area contributed by atoms with Gasteiger partial charge in [-0.2, -0.15) is 0 Å². The summed E-state index contributed by atoms with van der Waals surface area (Å²) in [6, 6.07) is 10.7. The van der Waals surface area contributed by atoms with Gasteiger partial charge in [0, 0.05) is 25.9 Å². The number of ether oxygens (including phenoxy) is 2. The number of carbonyl (C=O) groups is 2. The predicted molar refractivity (Wildman–Crippen MR) is 108 cm³/mol. The third-order valence-electron chi connectivity index (χ3n) is 5.48. The Morgan fingerprint density at radius 3 is 2.50 bits per heavy atom. The fourth-order valence-electron chi connectivity index (χ4n) is 3.90. The highest BCUT2D eigenvalue weighted by Crippen LogP contribution is 2.33. The van der Waals surface area contributed by atoms with Gasteiger partial charge in [0.05, 0.1) is 25.5 Å². The van der Waals surface area contributed by atoms with Gasteiger partial charge in [-0.15, -0.1) is 0 Å². The van der Waals surface area contributed by atoms with E-state index in [0.717, 1.165) is 0 Å². The molecule has 3 amide bonds. The summed E-state index contributed by atoms with van der Waals surface area (Å²) in [6.45, 7) is 0.868. The number of nitrogens with one attached hydrogen (secondary N) is 2. The average molecular weight is 414 g/mol. The summed E-state index contributed by atoms with van der Waals surface area (Å²) >= 11 is 0. The van der Waals surface area contributed by atoms with Crippen LogP contribution in [0.5, 0.6) is 11.5 Å². The first-order valence-corrected chi connectivity index (χ1v) is 9.62. The predicted octanol–water partition coefficient (Wildman–Crippen LogP) is 2.51. The van der Waals surface area contributed by atoms with E-state index in [4.69, 9.17) is 9.47 Å². The van der Waals surface area contributed by atoms with E-state index in [9.17, 15) is 14.0 Å². The fourth-order valence-corrected chi connectivity index (χ4v) is 3.90. The monoisotopic (exact) mass is 414 g/mol. The van der Waals surface area contributed by atoms with E-state index in [1.54, 1.807) is 35.2 Å². The molecule has 0 unspecified atom stereocenters. The number of carbonyl (C=O) groups excluding carboxylic acids is 2. The van der Waals surface area contributed by atoms with Crippen LogP contribution in [0.3, 0.4) is 0 Å². The normalized spacial score (nSPS) is 17.8. The number of amides is 3. The lowest BCUT2D eigenvalue weighted by atomic mass is 9.97. The van der Waals surface area contributed by atoms with Gasteiger partial charge in [-0.3, -0.25) is 4.79 Å². The number of para-hydroxylation sites is 1. The van der Waals surface area contributed by atoms with Crippen LogP contribution in [0, 0.1) is 5.82 Å². The van der Waals surface area contributed by atoms with Crippen molar-refractivity contribution < 1.29 is 23.5 Å². The molecule has 2 aromatic rings. The van der Waals surface area contributed by atoms with Gasteiger partial charge in [-0.25, -0.2) is 19.6 Å². The van der Waals surface area contributed by atoms with Gasteiger partial charge < -0.3 is 19.7 Å². The number of halogens is 1. The van der Waals surface area contributed by atoms with Crippen LogP contribution in [-0.2, 0) is 0 Å². The van der Waals surface area contributed by atoms with Crippen LogP contribution < -0.4 is 25.2 Å². The van der Waals surface area contributed by atoms with Gasteiger partial charge in [-0.1, -0.05) is 12.1 Å². The van der Waals surface area contributed by atoms with Gasteiger partial charge >= 0.3 is 6.03 Å². The minimum atomic E-state index is -0.682. The van der Waals surface area contributed by atoms with E-state index in [2.05, 4.69) is 10.7 Å². The van der Waals surface area contributed by atoms with Crippen molar-refractivity contribution in [2.75, 3.05) is 32.3 Å². The third kappa shape index (κ3) is 3.52. The maximum Gasteiger partial charge on any atom is 0.338 e. The Kier molecular flexibility index (Phi) is 5.21. The van der Waals surface area contributed by atoms with E-state index in [1.807, 2.05) is 0 Å². The molecule has 0 aliphatic carbocycles. The van der Waals surface area contributed by atoms with Crippen molar-refractivity contribution in [1.29, 1.82) is 0 Å². The van der Waals surface area contributed by atoms with Crippen LogP contribution >= 0.6 is 0 Å². The Balaban J connectivity index is 1.47. The van der Waals surface area contributed by atoms with Crippen molar-refractivity contribution in [2.45, 2.75) is 18.5 Å². The maximum atomic E-state index is 13.5. The number of benzene rings is 2. The molecule has 0 radical (unpaired) electrons. The Bertz CT molecular complexity index is 975. The Hall–Kier alpha value is -3.33. The number of likely N-dealkylation sites (tertiary alicyclic amines) is 1. The average Bonchev–Trinajstić information content (AvgIpc) is 3.08. The molecular weight excluding hydrogens is 391 g/mol. The molecule has 8 nitrogen and oxygen atoms in total. The molecule has 1 spiro atoms. The topological polar surface area (TPSA) is 83.1 Å². The lowest BCUT2D eigenvalue weighted by Gasteiger charge is -2.39. The van der Waals surface area contributed by atoms with Crippen molar-refractivity contribution in [3.63, 3.8) is 0 Å². The second kappa shape index (κ2) is 7.83. The first kappa shape index (κ1) is 20.0. The zero-order valence-corrected chi connectivity index (χ0v) is 16.8. The van der Waals surface area contributed by atoms with Crippen LogP contribution in [-0.4, -0.2) is 49.8 Å². The van der Waals surface area contributed by atoms with Gasteiger partial charge in [0.15, 0.2) is 11.5 Å². The quantitative estimate of drug-likeness (QED) is 0.803. The molecule has 30 heavy (non-hydrogen) atoms. The fraction of sp³-hybridized carbons (Fsp3) is 0.333. The van der Waals surface area contributed by atoms with E-state index in [-0.39, 0.29) is 11.9 Å². The van der Waals surface area contributed by atoms with Crippen LogP contribution in [0.2, 0.25) is 0 Å². The number of hydrogen-bond acceptors (Lipinski definition) is 5. The lowest BCUT2D eigenvalue weighted by molar-refractivity contribution is 0.0637. The molecule has 4 rings (SSSR count). The van der Waals surface area contributed by atoms with Crippen LogP contribution in [0.1, 0.15) is 23.2 Å². The van der Waals surface area contributed by atoms with Crippen molar-refractivity contribution >= 4 is 17.6 Å². The number of rotatable bonds is 4. The summed E-state index contributed by atoms with van der Waals surface area (Å²) in [6.07, 6.45) is 1.01. The SMILES string of the molecule is COc1cccc(C(=O)N2CCC3(CC2)NC(=O)N(c2cccc(F)c2)N3)c1OC. The molecule has 9 heteroatoms. The number of piperidine rings is 1. The molecule has 0 bridgehead atoms. The smallest absolute Gasteiger partial charge is 0.338 e. The number of nitrogens with zero attached hydrogens (tertiary/aromatic N) is 2. The third-order valence-corrected chi connectivity index (χ3v) is 5.48. The molecule has 2 heterocycles. The summed E-state index contributed by atoms with van der Waals surface area (Å²) in [4.78, 5) is 27.3. The Labute approximate surface area is 173 Å². The summed E-state index contributed by atoms with van der Waals surface area (Å²) < 4.78 is 24.2. The molecule has 2 aliphatic heterocycles. The second-order valence-electron chi connectivity index (χ2n) is 7.27. The maximum absolute atomic E-state index is 13.5. The van der Waals surface area contributed by atoms with Crippen molar-refractivity contribution in [3.05, 3.63) is 53.8 Å². The Morgan fingerprint density at radius 1 is 1.10 bits per heavy atom. The minimum absolute atomic E-state index is 0.160. The molecule has 2 aromatic carbocycles. The molecule has 2 fully saturated rings. The zero-order valence-electron chi connectivity index (χ0n) is 16.8. The number of hydrogen-bond donors (Lipinski definition) is 2. The standard InChI is InChI=1S/C21H23FN4O4/c1-29-17-8-4-7-16(18(17)30-2)19(27)25-11-9-21(10-12-25)23-20(28)26(24-21)15-6-3-5-14(22)13-15/h3-8,13,24H,9-12H2,1-2H3,(H,23,28). The first-order chi connectivity index (χ1) is 14.5. The molecular formula is C21H23FN4O4. The number of anilines is 1. The molecule has 2 saturated heterocycles. The molecule has 2 aliphatic rings. The van der Waals surface area contributed by atoms with Gasteiger partial charge in [-0.05, 0) is 30.3 Å². The molecule has 0 atom stereocenters. The Morgan fingerprint density at radius 2 is 1.83 bits per heavy atom.